The van der Waals surface area contributed by atoms with E-state index in [4.69, 9.17) is 0 Å². The summed E-state index contributed by atoms with van der Waals surface area (Å²) in [4.78, 5) is 1.60. The van der Waals surface area contributed by atoms with Crippen LogP contribution in [0.3, 0.4) is 0 Å². The Morgan fingerprint density at radius 2 is 1.74 bits per heavy atom. The lowest BCUT2D eigenvalue weighted by atomic mass is 10.1. The highest BCUT2D eigenvalue weighted by Crippen LogP contribution is 2.41. The molecule has 0 N–H and O–H groups in total. The van der Waals surface area contributed by atoms with Crippen LogP contribution in [0.4, 0.5) is 13.2 Å². The summed E-state index contributed by atoms with van der Waals surface area (Å²) in [6.45, 7) is 0. The van der Waals surface area contributed by atoms with E-state index in [2.05, 4.69) is 15.9 Å². The van der Waals surface area contributed by atoms with Gasteiger partial charge in [0, 0.05) is 27.5 Å². The molecule has 1 atom stereocenters. The van der Waals surface area contributed by atoms with Gasteiger partial charge in [-0.2, -0.15) is 0 Å². The quantitative estimate of drug-likeness (QED) is 0.660. The van der Waals surface area contributed by atoms with Gasteiger partial charge < -0.3 is 0 Å². The Morgan fingerprint density at radius 3 is 2.37 bits per heavy atom. The number of alkyl halides is 1. The first-order valence-electron chi connectivity index (χ1n) is 5.96. The second-order valence-electron chi connectivity index (χ2n) is 4.60. The second kappa shape index (κ2) is 4.94. The normalized spacial score (nSPS) is 15.6. The fraction of sp³-hybridized carbons (Fsp3) is 0.286. The van der Waals surface area contributed by atoms with Gasteiger partial charge in [-0.1, -0.05) is 15.9 Å². The predicted molar refractivity (Wildman–Crippen MR) is 73.4 cm³/mol. The summed E-state index contributed by atoms with van der Waals surface area (Å²) in [6, 6.07) is 3.43. The van der Waals surface area contributed by atoms with Gasteiger partial charge in [-0.15, -0.1) is 11.3 Å². The molecule has 0 aliphatic heterocycles. The molecule has 1 unspecified atom stereocenters. The third-order valence-corrected chi connectivity index (χ3v) is 5.87. The highest BCUT2D eigenvalue weighted by Gasteiger charge is 2.24. The van der Waals surface area contributed by atoms with Crippen molar-refractivity contribution in [3.8, 4) is 0 Å². The van der Waals surface area contributed by atoms with Gasteiger partial charge in [-0.3, -0.25) is 0 Å². The van der Waals surface area contributed by atoms with E-state index in [0.29, 0.717) is 12.1 Å². The molecule has 0 spiro atoms. The molecule has 100 valence electrons. The molecule has 0 bridgehead atoms. The van der Waals surface area contributed by atoms with Crippen LogP contribution < -0.4 is 0 Å². The van der Waals surface area contributed by atoms with Gasteiger partial charge in [0.15, 0.2) is 0 Å². The average Bonchev–Trinajstić information content (AvgIpc) is 2.86. The van der Waals surface area contributed by atoms with Gasteiger partial charge in [0.1, 0.15) is 17.5 Å². The van der Waals surface area contributed by atoms with Crippen molar-refractivity contribution in [2.75, 3.05) is 0 Å². The van der Waals surface area contributed by atoms with E-state index >= 15 is 0 Å². The van der Waals surface area contributed by atoms with Crippen molar-refractivity contribution in [1.82, 2.24) is 0 Å². The summed E-state index contributed by atoms with van der Waals surface area (Å²) in [7, 11) is 0. The Kier molecular flexibility index (Phi) is 3.43. The van der Waals surface area contributed by atoms with Crippen LogP contribution in [-0.2, 0) is 12.8 Å². The lowest BCUT2D eigenvalue weighted by Gasteiger charge is -2.11. The maximum absolute atomic E-state index is 13.7. The molecule has 1 aromatic carbocycles. The first-order chi connectivity index (χ1) is 9.06. The lowest BCUT2D eigenvalue weighted by Crippen LogP contribution is -2.00. The van der Waals surface area contributed by atoms with Crippen LogP contribution in [0.1, 0.15) is 32.1 Å². The maximum atomic E-state index is 13.7. The van der Waals surface area contributed by atoms with Crippen molar-refractivity contribution in [2.24, 2.45) is 0 Å². The third-order valence-electron chi connectivity index (χ3n) is 3.31. The fourth-order valence-corrected chi connectivity index (χ4v) is 4.51. The lowest BCUT2D eigenvalue weighted by molar-refractivity contribution is 0.528. The zero-order valence-corrected chi connectivity index (χ0v) is 12.3. The highest BCUT2D eigenvalue weighted by atomic mass is 79.9. The van der Waals surface area contributed by atoms with Crippen LogP contribution in [0.25, 0.3) is 0 Å². The molecule has 0 saturated carbocycles. The topological polar surface area (TPSA) is 0 Å². The molecule has 0 radical (unpaired) electrons. The molecule has 3 rings (SSSR count). The molecular weight excluding hydrogens is 337 g/mol. The van der Waals surface area contributed by atoms with Gasteiger partial charge >= 0.3 is 0 Å². The zero-order chi connectivity index (χ0) is 13.6. The molecular formula is C14H10BrF3S. The second-order valence-corrected chi connectivity index (χ2v) is 6.68. The van der Waals surface area contributed by atoms with Crippen molar-refractivity contribution in [1.29, 1.82) is 0 Å². The van der Waals surface area contributed by atoms with Crippen LogP contribution in [0.5, 0.6) is 0 Å². The van der Waals surface area contributed by atoms with Crippen LogP contribution in [0, 0.1) is 17.5 Å². The van der Waals surface area contributed by atoms with Crippen LogP contribution >= 0.6 is 27.3 Å². The van der Waals surface area contributed by atoms with E-state index in [1.165, 1.54) is 10.4 Å². The number of rotatable bonds is 2. The highest BCUT2D eigenvalue weighted by molar-refractivity contribution is 9.09. The minimum Gasteiger partial charge on any atom is -0.207 e. The number of aryl methyl sites for hydroxylation is 2. The number of hydrogen-bond acceptors (Lipinski definition) is 1. The molecule has 1 aliphatic rings. The number of fused-ring (bicyclic) bond motifs is 1. The first-order valence-corrected chi connectivity index (χ1v) is 7.69. The summed E-state index contributed by atoms with van der Waals surface area (Å²) in [5, 5.41) is 0. The van der Waals surface area contributed by atoms with Crippen molar-refractivity contribution >= 4 is 27.3 Å². The van der Waals surface area contributed by atoms with Gasteiger partial charge in [-0.25, -0.2) is 13.2 Å². The Balaban J connectivity index is 2.01. The fourth-order valence-electron chi connectivity index (χ4n) is 2.41. The SMILES string of the molecule is Fc1cc(F)c(C(Br)c2cc3c(s2)CCC3)c(F)c1. The smallest absolute Gasteiger partial charge is 0.133 e. The summed E-state index contributed by atoms with van der Waals surface area (Å²) in [6.07, 6.45) is 3.21. The van der Waals surface area contributed by atoms with Gasteiger partial charge in [-0.05, 0) is 30.9 Å². The van der Waals surface area contributed by atoms with Crippen molar-refractivity contribution in [3.05, 3.63) is 56.5 Å². The predicted octanol–water partition coefficient (Wildman–Crippen LogP) is 5.14. The third kappa shape index (κ3) is 2.34. The average molecular weight is 347 g/mol. The van der Waals surface area contributed by atoms with E-state index in [1.807, 2.05) is 6.07 Å². The van der Waals surface area contributed by atoms with E-state index in [1.54, 1.807) is 11.3 Å². The van der Waals surface area contributed by atoms with Crippen LogP contribution in [-0.4, -0.2) is 0 Å². The summed E-state index contributed by atoms with van der Waals surface area (Å²) in [5.74, 6) is -2.60. The van der Waals surface area contributed by atoms with Gasteiger partial charge in [0.2, 0.25) is 0 Å². The van der Waals surface area contributed by atoms with Gasteiger partial charge in [0.05, 0.1) is 4.83 Å². The molecule has 2 aromatic rings. The van der Waals surface area contributed by atoms with Crippen molar-refractivity contribution in [3.63, 3.8) is 0 Å². The molecule has 1 aliphatic carbocycles. The summed E-state index contributed by atoms with van der Waals surface area (Å²) in [5.41, 5.74) is 1.15. The number of hydrogen-bond donors (Lipinski definition) is 0. The van der Waals surface area contributed by atoms with Crippen LogP contribution in [0.15, 0.2) is 18.2 Å². The van der Waals surface area contributed by atoms with E-state index in [9.17, 15) is 13.2 Å². The largest absolute Gasteiger partial charge is 0.207 e. The number of halogens is 4. The molecule has 0 nitrogen and oxygen atoms in total. The molecule has 0 fully saturated rings. The molecule has 1 heterocycles. The van der Waals surface area contributed by atoms with Gasteiger partial charge in [0.25, 0.3) is 0 Å². The molecule has 0 amide bonds. The summed E-state index contributed by atoms with van der Waals surface area (Å²) >= 11 is 4.90. The molecule has 5 heteroatoms. The Hall–Kier alpha value is -0.810. The van der Waals surface area contributed by atoms with E-state index in [-0.39, 0.29) is 5.56 Å². The minimum absolute atomic E-state index is 0.124. The maximum Gasteiger partial charge on any atom is 0.133 e. The number of thiophene rings is 1. The summed E-state index contributed by atoms with van der Waals surface area (Å²) < 4.78 is 40.4. The number of benzene rings is 1. The zero-order valence-electron chi connectivity index (χ0n) is 9.85. The Labute approximate surface area is 121 Å². The van der Waals surface area contributed by atoms with Crippen molar-refractivity contribution < 1.29 is 13.2 Å². The standard InChI is InChI=1S/C14H10BrF3S/c15-14(12-4-7-2-1-3-11(7)19-12)13-9(17)5-8(16)6-10(13)18/h4-6,14H,1-3H2. The molecule has 0 saturated heterocycles. The minimum atomic E-state index is -0.896. The monoisotopic (exact) mass is 346 g/mol. The Bertz CT molecular complexity index is 591. The van der Waals surface area contributed by atoms with Crippen molar-refractivity contribution in [2.45, 2.75) is 24.1 Å². The van der Waals surface area contributed by atoms with E-state index in [0.717, 1.165) is 24.1 Å². The van der Waals surface area contributed by atoms with E-state index < -0.39 is 22.3 Å². The first kappa shape index (κ1) is 13.2. The molecule has 19 heavy (non-hydrogen) atoms. The Morgan fingerprint density at radius 1 is 1.05 bits per heavy atom. The van der Waals surface area contributed by atoms with Crippen LogP contribution in [0.2, 0.25) is 0 Å². The molecule has 1 aromatic heterocycles.